The Morgan fingerprint density at radius 3 is 2.80 bits per heavy atom. The molecule has 0 aromatic carbocycles. The molecule has 1 saturated heterocycles. The van der Waals surface area contributed by atoms with Crippen LogP contribution in [0.4, 0.5) is 0 Å². The number of furan rings is 1. The number of nitrogens with two attached hydrogens (primary N) is 1. The second-order valence-corrected chi connectivity index (χ2v) is 7.29. The van der Waals surface area contributed by atoms with Gasteiger partial charge >= 0.3 is 0 Å². The molecule has 2 aromatic rings. The molecular weight excluding hydrogens is 320 g/mol. The molecule has 0 saturated carbocycles. The van der Waals surface area contributed by atoms with Crippen molar-refractivity contribution >= 4 is 5.91 Å². The van der Waals surface area contributed by atoms with Crippen molar-refractivity contribution in [1.82, 2.24) is 20.2 Å². The summed E-state index contributed by atoms with van der Waals surface area (Å²) in [7, 11) is 0. The molecule has 25 heavy (non-hydrogen) atoms. The van der Waals surface area contributed by atoms with Crippen LogP contribution in [0.1, 0.15) is 50.7 Å². The fourth-order valence-electron chi connectivity index (χ4n) is 3.67. The van der Waals surface area contributed by atoms with Crippen molar-refractivity contribution in [2.24, 2.45) is 17.6 Å². The van der Waals surface area contributed by atoms with Gasteiger partial charge in [0, 0.05) is 25.2 Å². The van der Waals surface area contributed by atoms with Crippen molar-refractivity contribution in [2.45, 2.75) is 45.7 Å². The first-order valence-corrected chi connectivity index (χ1v) is 8.97. The van der Waals surface area contributed by atoms with Crippen LogP contribution in [0.5, 0.6) is 0 Å². The van der Waals surface area contributed by atoms with Gasteiger partial charge in [-0.2, -0.15) is 0 Å². The van der Waals surface area contributed by atoms with E-state index in [0.717, 1.165) is 43.9 Å². The van der Waals surface area contributed by atoms with E-state index >= 15 is 0 Å². The molecule has 3 N–H and O–H groups in total. The van der Waals surface area contributed by atoms with Gasteiger partial charge in [-0.3, -0.25) is 4.79 Å². The maximum atomic E-state index is 11.4. The number of likely N-dealkylation sites (tertiary alicyclic amines) is 1. The molecule has 1 aliphatic heterocycles. The van der Waals surface area contributed by atoms with Crippen LogP contribution in [0.2, 0.25) is 0 Å². The lowest BCUT2D eigenvalue weighted by Crippen LogP contribution is -3.13. The van der Waals surface area contributed by atoms with E-state index in [9.17, 15) is 4.79 Å². The number of carbonyl (C=O) groups excluding carboxylic acids is 1. The third-order valence-corrected chi connectivity index (χ3v) is 4.99. The number of rotatable bonds is 7. The van der Waals surface area contributed by atoms with Crippen molar-refractivity contribution in [1.29, 1.82) is 0 Å². The Labute approximate surface area is 147 Å². The van der Waals surface area contributed by atoms with Gasteiger partial charge in [0.1, 0.15) is 18.3 Å². The second-order valence-electron chi connectivity index (χ2n) is 7.29. The van der Waals surface area contributed by atoms with Gasteiger partial charge in [0.15, 0.2) is 0 Å². The molecule has 0 bridgehead atoms. The Bertz CT molecular complexity index is 673. The van der Waals surface area contributed by atoms with E-state index in [0.29, 0.717) is 12.5 Å². The van der Waals surface area contributed by atoms with Crippen LogP contribution in [0.3, 0.4) is 0 Å². The predicted molar refractivity (Wildman–Crippen MR) is 90.4 cm³/mol. The number of primary amides is 1. The van der Waals surface area contributed by atoms with Gasteiger partial charge in [0.25, 0.3) is 0 Å². The van der Waals surface area contributed by atoms with Gasteiger partial charge in [-0.15, -0.1) is 5.10 Å². The minimum absolute atomic E-state index is 0.00237. The quantitative estimate of drug-likeness (QED) is 0.744. The Hall–Kier alpha value is -2.22. The zero-order valence-corrected chi connectivity index (χ0v) is 14.9. The van der Waals surface area contributed by atoms with Gasteiger partial charge < -0.3 is 15.1 Å². The van der Waals surface area contributed by atoms with Crippen LogP contribution in [0.25, 0.3) is 0 Å². The number of hydrogen-bond acceptors (Lipinski definition) is 5. The first-order valence-electron chi connectivity index (χ1n) is 8.97. The average molecular weight is 347 g/mol. The first-order chi connectivity index (χ1) is 12.0. The smallest absolute Gasteiger partial charge is 0.220 e. The highest BCUT2D eigenvalue weighted by molar-refractivity contribution is 5.76. The minimum Gasteiger partial charge on any atom is -0.467 e. The second kappa shape index (κ2) is 7.77. The van der Waals surface area contributed by atoms with E-state index in [-0.39, 0.29) is 17.9 Å². The van der Waals surface area contributed by atoms with Crippen LogP contribution in [0.15, 0.2) is 22.8 Å². The van der Waals surface area contributed by atoms with Crippen molar-refractivity contribution < 1.29 is 14.1 Å². The predicted octanol–water partition coefficient (Wildman–Crippen LogP) is 0.182. The maximum Gasteiger partial charge on any atom is 0.220 e. The molecule has 1 amide bonds. The number of nitrogens with zero attached hydrogens (tertiary/aromatic N) is 4. The number of nitrogens with one attached hydrogen (secondary N) is 1. The lowest BCUT2D eigenvalue weighted by atomic mass is 9.93. The van der Waals surface area contributed by atoms with Crippen LogP contribution in [0, 0.1) is 11.8 Å². The topological polar surface area (TPSA) is 104 Å². The molecule has 0 unspecified atom stereocenters. The average Bonchev–Trinajstić information content (AvgIpc) is 3.25. The molecule has 2 aromatic heterocycles. The first kappa shape index (κ1) is 17.6. The molecular formula is C17H27N6O2+. The Balaban J connectivity index is 1.77. The van der Waals surface area contributed by atoms with E-state index in [2.05, 4.69) is 29.4 Å². The number of aromatic nitrogens is 4. The summed E-state index contributed by atoms with van der Waals surface area (Å²) in [6.07, 6.45) is 4.32. The van der Waals surface area contributed by atoms with E-state index in [1.165, 1.54) is 4.90 Å². The monoisotopic (exact) mass is 347 g/mol. The van der Waals surface area contributed by atoms with Gasteiger partial charge in [-0.1, -0.05) is 13.8 Å². The maximum absolute atomic E-state index is 11.4. The summed E-state index contributed by atoms with van der Waals surface area (Å²) in [4.78, 5) is 12.9. The molecule has 1 fully saturated rings. The highest BCUT2D eigenvalue weighted by Crippen LogP contribution is 2.19. The van der Waals surface area contributed by atoms with E-state index < -0.39 is 0 Å². The van der Waals surface area contributed by atoms with Crippen LogP contribution in [-0.2, 0) is 11.3 Å². The number of amides is 1. The van der Waals surface area contributed by atoms with Crippen LogP contribution >= 0.6 is 0 Å². The number of piperidine rings is 1. The molecule has 8 heteroatoms. The van der Waals surface area contributed by atoms with Crippen molar-refractivity contribution in [2.75, 3.05) is 13.1 Å². The number of carbonyl (C=O) groups is 1. The number of tetrazole rings is 1. The standard InChI is InChI=1S/C17H26N6O2/c1-12(2)10-15(22-7-5-13(6-8-22)16(18)24)17-19-20-21-23(17)11-14-4-3-9-25-14/h3-4,9,12-13,15H,5-8,10-11H2,1-2H3,(H2,18,24)/p+1/t15-/m0/s1. The highest BCUT2D eigenvalue weighted by Gasteiger charge is 2.35. The SMILES string of the molecule is CC(C)C[C@@H](c1nnnn1Cc1ccco1)[NH+]1CCC(C(N)=O)CC1. The Kier molecular flexibility index (Phi) is 5.47. The zero-order valence-electron chi connectivity index (χ0n) is 14.9. The van der Waals surface area contributed by atoms with Crippen molar-refractivity contribution in [3.8, 4) is 0 Å². The summed E-state index contributed by atoms with van der Waals surface area (Å²) >= 11 is 0. The summed E-state index contributed by atoms with van der Waals surface area (Å²) in [5.74, 6) is 2.07. The number of hydrogen-bond donors (Lipinski definition) is 2. The minimum atomic E-state index is -0.179. The lowest BCUT2D eigenvalue weighted by Gasteiger charge is -2.33. The van der Waals surface area contributed by atoms with Gasteiger partial charge in [-0.25, -0.2) is 4.68 Å². The van der Waals surface area contributed by atoms with E-state index in [4.69, 9.17) is 10.2 Å². The molecule has 3 rings (SSSR count). The summed E-state index contributed by atoms with van der Waals surface area (Å²) in [5.41, 5.74) is 5.47. The molecule has 1 aliphatic rings. The summed E-state index contributed by atoms with van der Waals surface area (Å²) in [6.45, 7) is 6.78. The largest absolute Gasteiger partial charge is 0.467 e. The summed E-state index contributed by atoms with van der Waals surface area (Å²) in [6, 6.07) is 4.00. The van der Waals surface area contributed by atoms with Crippen molar-refractivity contribution in [3.05, 3.63) is 30.0 Å². The zero-order chi connectivity index (χ0) is 17.8. The van der Waals surface area contributed by atoms with Gasteiger partial charge in [0.2, 0.25) is 11.7 Å². The fraction of sp³-hybridized carbons (Fsp3) is 0.647. The van der Waals surface area contributed by atoms with Crippen LogP contribution < -0.4 is 10.6 Å². The lowest BCUT2D eigenvalue weighted by molar-refractivity contribution is -0.938. The van der Waals surface area contributed by atoms with Crippen LogP contribution in [-0.4, -0.2) is 39.2 Å². The molecule has 1 atom stereocenters. The molecule has 8 nitrogen and oxygen atoms in total. The third-order valence-electron chi connectivity index (χ3n) is 4.99. The Morgan fingerprint density at radius 2 is 2.20 bits per heavy atom. The molecule has 3 heterocycles. The highest BCUT2D eigenvalue weighted by atomic mass is 16.3. The van der Waals surface area contributed by atoms with E-state index in [1.807, 2.05) is 16.8 Å². The summed E-state index contributed by atoms with van der Waals surface area (Å²) < 4.78 is 7.27. The summed E-state index contributed by atoms with van der Waals surface area (Å²) in [5, 5.41) is 12.4. The van der Waals surface area contributed by atoms with Gasteiger partial charge in [-0.05, 0) is 28.5 Å². The van der Waals surface area contributed by atoms with Gasteiger partial charge in [0.05, 0.1) is 19.4 Å². The molecule has 0 spiro atoms. The molecule has 0 aliphatic carbocycles. The van der Waals surface area contributed by atoms with Crippen molar-refractivity contribution in [3.63, 3.8) is 0 Å². The molecule has 136 valence electrons. The van der Waals surface area contributed by atoms with E-state index in [1.54, 1.807) is 6.26 Å². The number of quaternary nitrogens is 1. The fourth-order valence-corrected chi connectivity index (χ4v) is 3.67. The normalized spacial score (nSPS) is 22.2. The molecule has 0 radical (unpaired) electrons. The third kappa shape index (κ3) is 4.25. The Morgan fingerprint density at radius 1 is 1.44 bits per heavy atom.